The van der Waals surface area contributed by atoms with Crippen LogP contribution in [-0.2, 0) is 0 Å². The third kappa shape index (κ3) is 4.67. The fraction of sp³-hybridized carbons (Fsp3) is 0.278. The molecule has 0 spiro atoms. The number of rotatable bonds is 6. The summed E-state index contributed by atoms with van der Waals surface area (Å²) >= 11 is 0. The number of halogens is 2. The zero-order valence-corrected chi connectivity index (χ0v) is 14.1. The summed E-state index contributed by atoms with van der Waals surface area (Å²) in [6.45, 7) is 2.41. The van der Waals surface area contributed by atoms with Crippen LogP contribution in [0.3, 0.4) is 0 Å². The molecule has 0 heterocycles. The number of nitrogens with zero attached hydrogens (tertiary/aromatic N) is 1. The van der Waals surface area contributed by atoms with E-state index in [4.69, 9.17) is 0 Å². The Morgan fingerprint density at radius 1 is 1.16 bits per heavy atom. The molecule has 2 aromatic carbocycles. The van der Waals surface area contributed by atoms with E-state index < -0.39 is 29.3 Å². The Labute approximate surface area is 145 Å². The van der Waals surface area contributed by atoms with Crippen molar-refractivity contribution in [2.75, 3.05) is 30.4 Å². The first-order chi connectivity index (χ1) is 11.9. The van der Waals surface area contributed by atoms with Gasteiger partial charge in [0.05, 0.1) is 16.9 Å². The molecule has 2 rings (SSSR count). The van der Waals surface area contributed by atoms with E-state index in [9.17, 15) is 18.7 Å². The summed E-state index contributed by atoms with van der Waals surface area (Å²) in [6.07, 6.45) is -1.49. The van der Waals surface area contributed by atoms with Gasteiger partial charge in [-0.2, -0.15) is 0 Å². The van der Waals surface area contributed by atoms with E-state index in [-0.39, 0.29) is 6.54 Å². The molecule has 1 unspecified atom stereocenters. The molecule has 0 aliphatic rings. The van der Waals surface area contributed by atoms with Crippen molar-refractivity contribution in [2.24, 2.45) is 0 Å². The summed E-state index contributed by atoms with van der Waals surface area (Å²) in [4.78, 5) is 14.0. The van der Waals surface area contributed by atoms with E-state index in [1.807, 2.05) is 31.0 Å². The molecular formula is C18H21F2N3O2. The van der Waals surface area contributed by atoms with E-state index >= 15 is 0 Å². The van der Waals surface area contributed by atoms with Gasteiger partial charge in [0, 0.05) is 20.1 Å². The Hall–Kier alpha value is -2.67. The second kappa shape index (κ2) is 8.43. The molecule has 2 aromatic rings. The predicted octanol–water partition coefficient (Wildman–Crippen LogP) is 3.28. The van der Waals surface area contributed by atoms with Crippen molar-refractivity contribution < 1.29 is 18.7 Å². The molecule has 7 heteroatoms. The third-order valence-electron chi connectivity index (χ3n) is 3.83. The van der Waals surface area contributed by atoms with Gasteiger partial charge in [0.1, 0.15) is 17.7 Å². The number of carbonyl (C=O) groups is 1. The number of aliphatic hydroxyl groups is 1. The molecule has 134 valence electrons. The standard InChI is InChI=1S/C18H21F2N3O2/c1-3-23(2)15-10-5-4-9-14(15)22-18(25)21-11-16(24)17-12(19)7-6-8-13(17)20/h4-10,16,24H,3,11H2,1-2H3,(H2,21,22,25). The van der Waals surface area contributed by atoms with Gasteiger partial charge in [0.15, 0.2) is 0 Å². The molecule has 0 aliphatic carbocycles. The summed E-state index contributed by atoms with van der Waals surface area (Å²) in [5.74, 6) is -1.71. The Morgan fingerprint density at radius 3 is 2.44 bits per heavy atom. The van der Waals surface area contributed by atoms with Gasteiger partial charge in [0.25, 0.3) is 0 Å². The van der Waals surface area contributed by atoms with Gasteiger partial charge >= 0.3 is 6.03 Å². The maximum absolute atomic E-state index is 13.6. The first-order valence-electron chi connectivity index (χ1n) is 7.91. The summed E-state index contributed by atoms with van der Waals surface area (Å²) in [6, 6.07) is 9.99. The van der Waals surface area contributed by atoms with E-state index in [1.54, 1.807) is 12.1 Å². The van der Waals surface area contributed by atoms with Crippen LogP contribution < -0.4 is 15.5 Å². The monoisotopic (exact) mass is 349 g/mol. The fourth-order valence-corrected chi connectivity index (χ4v) is 2.37. The van der Waals surface area contributed by atoms with Crippen molar-refractivity contribution in [3.8, 4) is 0 Å². The highest BCUT2D eigenvalue weighted by atomic mass is 19.1. The normalized spacial score (nSPS) is 11.7. The van der Waals surface area contributed by atoms with E-state index in [0.717, 1.165) is 24.4 Å². The van der Waals surface area contributed by atoms with Crippen LogP contribution in [0.5, 0.6) is 0 Å². The number of carbonyl (C=O) groups excluding carboxylic acids is 1. The lowest BCUT2D eigenvalue weighted by atomic mass is 10.1. The topological polar surface area (TPSA) is 64.6 Å². The summed E-state index contributed by atoms with van der Waals surface area (Å²) in [5, 5.41) is 15.0. The van der Waals surface area contributed by atoms with E-state index in [2.05, 4.69) is 10.6 Å². The van der Waals surface area contributed by atoms with Crippen LogP contribution in [0.25, 0.3) is 0 Å². The maximum atomic E-state index is 13.6. The number of anilines is 2. The Morgan fingerprint density at radius 2 is 1.80 bits per heavy atom. The number of urea groups is 1. The minimum absolute atomic E-state index is 0.324. The van der Waals surface area contributed by atoms with Crippen LogP contribution in [0.2, 0.25) is 0 Å². The van der Waals surface area contributed by atoms with Crippen LogP contribution in [-0.4, -0.2) is 31.3 Å². The largest absolute Gasteiger partial charge is 0.386 e. The molecule has 0 bridgehead atoms. The van der Waals surface area contributed by atoms with Crippen molar-refractivity contribution in [1.82, 2.24) is 5.32 Å². The fourth-order valence-electron chi connectivity index (χ4n) is 2.37. The predicted molar refractivity (Wildman–Crippen MR) is 93.7 cm³/mol. The molecule has 5 nitrogen and oxygen atoms in total. The van der Waals surface area contributed by atoms with Crippen molar-refractivity contribution in [1.29, 1.82) is 0 Å². The van der Waals surface area contributed by atoms with Gasteiger partial charge in [0.2, 0.25) is 0 Å². The third-order valence-corrected chi connectivity index (χ3v) is 3.83. The highest BCUT2D eigenvalue weighted by Gasteiger charge is 2.18. The van der Waals surface area contributed by atoms with Crippen LogP contribution in [0.15, 0.2) is 42.5 Å². The van der Waals surface area contributed by atoms with Crippen LogP contribution in [0.4, 0.5) is 25.0 Å². The number of hydrogen-bond acceptors (Lipinski definition) is 3. The second-order valence-electron chi connectivity index (χ2n) is 5.52. The van der Waals surface area contributed by atoms with Gasteiger partial charge in [-0.25, -0.2) is 13.6 Å². The van der Waals surface area contributed by atoms with Crippen LogP contribution in [0.1, 0.15) is 18.6 Å². The number of benzene rings is 2. The van der Waals surface area contributed by atoms with Gasteiger partial charge < -0.3 is 20.6 Å². The molecule has 0 aliphatic heterocycles. The molecule has 0 fully saturated rings. The molecule has 0 radical (unpaired) electrons. The number of hydrogen-bond donors (Lipinski definition) is 3. The zero-order chi connectivity index (χ0) is 18.4. The Kier molecular flexibility index (Phi) is 6.30. The lowest BCUT2D eigenvalue weighted by Crippen LogP contribution is -2.33. The molecule has 1 atom stereocenters. The number of nitrogens with one attached hydrogen (secondary N) is 2. The first-order valence-corrected chi connectivity index (χ1v) is 7.91. The average molecular weight is 349 g/mol. The van der Waals surface area contributed by atoms with Crippen molar-refractivity contribution in [2.45, 2.75) is 13.0 Å². The van der Waals surface area contributed by atoms with Gasteiger partial charge in [-0.05, 0) is 31.2 Å². The smallest absolute Gasteiger partial charge is 0.319 e. The van der Waals surface area contributed by atoms with Crippen molar-refractivity contribution in [3.63, 3.8) is 0 Å². The van der Waals surface area contributed by atoms with Gasteiger partial charge in [-0.3, -0.25) is 0 Å². The minimum Gasteiger partial charge on any atom is -0.386 e. The van der Waals surface area contributed by atoms with Gasteiger partial charge in [-0.15, -0.1) is 0 Å². The summed E-state index contributed by atoms with van der Waals surface area (Å²) < 4.78 is 27.2. The molecule has 0 saturated heterocycles. The van der Waals surface area contributed by atoms with E-state index in [1.165, 1.54) is 6.07 Å². The average Bonchev–Trinajstić information content (AvgIpc) is 2.59. The second-order valence-corrected chi connectivity index (χ2v) is 5.52. The summed E-state index contributed by atoms with van der Waals surface area (Å²) in [7, 11) is 1.89. The minimum atomic E-state index is -1.49. The molecule has 0 saturated carbocycles. The number of aliphatic hydroxyl groups excluding tert-OH is 1. The molecular weight excluding hydrogens is 328 g/mol. The molecule has 25 heavy (non-hydrogen) atoms. The Balaban J connectivity index is 2.00. The quantitative estimate of drug-likeness (QED) is 0.750. The first kappa shape index (κ1) is 18.7. The SMILES string of the molecule is CCN(C)c1ccccc1NC(=O)NCC(O)c1c(F)cccc1F. The summed E-state index contributed by atoms with van der Waals surface area (Å²) in [5.41, 5.74) is 0.964. The number of amides is 2. The molecule has 2 amide bonds. The highest BCUT2D eigenvalue weighted by Crippen LogP contribution is 2.24. The van der Waals surface area contributed by atoms with Crippen molar-refractivity contribution >= 4 is 17.4 Å². The molecule has 3 N–H and O–H groups in total. The van der Waals surface area contributed by atoms with Crippen LogP contribution in [0, 0.1) is 11.6 Å². The van der Waals surface area contributed by atoms with Crippen molar-refractivity contribution in [3.05, 3.63) is 59.7 Å². The zero-order valence-electron chi connectivity index (χ0n) is 14.1. The van der Waals surface area contributed by atoms with Crippen LogP contribution >= 0.6 is 0 Å². The highest BCUT2D eigenvalue weighted by molar-refractivity contribution is 5.93. The van der Waals surface area contributed by atoms with E-state index in [0.29, 0.717) is 5.69 Å². The lowest BCUT2D eigenvalue weighted by Gasteiger charge is -2.21. The lowest BCUT2D eigenvalue weighted by molar-refractivity contribution is 0.166. The van der Waals surface area contributed by atoms with Gasteiger partial charge in [-0.1, -0.05) is 18.2 Å². The maximum Gasteiger partial charge on any atom is 0.319 e. The Bertz CT molecular complexity index is 720. The number of para-hydroxylation sites is 2. The molecule has 0 aromatic heterocycles.